The topological polar surface area (TPSA) is 142 Å². The Kier molecular flexibility index (Phi) is 16.9. The van der Waals surface area contributed by atoms with Crippen LogP contribution in [0.15, 0.2) is 58.3 Å². The largest absolute Gasteiger partial charge is 0.359 e. The molecule has 0 radical (unpaired) electrons. The molecule has 0 fully saturated rings. The van der Waals surface area contributed by atoms with Gasteiger partial charge in [-0.3, -0.25) is 9.59 Å². The maximum atomic E-state index is 13.0. The summed E-state index contributed by atoms with van der Waals surface area (Å²) >= 11 is 0. The second-order valence-electron chi connectivity index (χ2n) is 11.0. The number of hydrogen-bond acceptors (Lipinski definition) is 7. The number of carbonyl (C=O) groups excluding carboxylic acids is 2. The lowest BCUT2D eigenvalue weighted by Gasteiger charge is -2.21. The van der Waals surface area contributed by atoms with E-state index >= 15 is 0 Å². The van der Waals surface area contributed by atoms with Crippen LogP contribution in [0.25, 0.3) is 0 Å². The highest BCUT2D eigenvalue weighted by Crippen LogP contribution is 2.19. The molecule has 0 saturated carbocycles. The number of nitrogens with zero attached hydrogens (tertiary/aromatic N) is 2. The minimum absolute atomic E-state index is 0.154. The predicted molar refractivity (Wildman–Crippen MR) is 181 cm³/mol. The lowest BCUT2D eigenvalue weighted by Crippen LogP contribution is -2.37. The summed E-state index contributed by atoms with van der Waals surface area (Å²) in [5, 5.41) is 5.72. The highest BCUT2D eigenvalue weighted by Gasteiger charge is 2.25. The summed E-state index contributed by atoms with van der Waals surface area (Å²) in [7, 11) is -7.25. The fourth-order valence-corrected chi connectivity index (χ4v) is 8.19. The molecule has 0 aliphatic rings. The first-order chi connectivity index (χ1) is 22.0. The van der Waals surface area contributed by atoms with Gasteiger partial charge in [-0.05, 0) is 100 Å². The zero-order chi connectivity index (χ0) is 34.2. The minimum Gasteiger partial charge on any atom is -0.359 e. The van der Waals surface area contributed by atoms with E-state index in [1.54, 1.807) is 0 Å². The molecule has 0 heterocycles. The second kappa shape index (κ2) is 19.7. The van der Waals surface area contributed by atoms with E-state index in [1.165, 1.54) is 57.1 Å². The Balaban J connectivity index is 1.88. The first-order valence-corrected chi connectivity index (χ1v) is 19.2. The van der Waals surface area contributed by atoms with Crippen LogP contribution in [0.2, 0.25) is 0 Å². The third-order valence-corrected chi connectivity index (χ3v) is 11.1. The molecule has 13 heteroatoms. The highest BCUT2D eigenvalue weighted by molar-refractivity contribution is 7.89. The van der Waals surface area contributed by atoms with Crippen molar-refractivity contribution in [3.63, 3.8) is 0 Å². The normalized spacial score (nSPS) is 12.8. The average Bonchev–Trinajstić information content (AvgIpc) is 3.04. The van der Waals surface area contributed by atoms with Crippen LogP contribution in [0.1, 0.15) is 100 Å². The molecule has 2 amide bonds. The van der Waals surface area contributed by atoms with E-state index in [9.17, 15) is 26.4 Å². The molecule has 0 bridgehead atoms. The van der Waals surface area contributed by atoms with Gasteiger partial charge in [0.2, 0.25) is 20.0 Å². The van der Waals surface area contributed by atoms with Crippen LogP contribution >= 0.6 is 0 Å². The molecule has 2 rings (SSSR count). The van der Waals surface area contributed by atoms with Gasteiger partial charge < -0.3 is 15.4 Å². The predicted octanol–water partition coefficient (Wildman–Crippen LogP) is 5.00. The van der Waals surface area contributed by atoms with Crippen molar-refractivity contribution in [1.29, 1.82) is 0 Å². The van der Waals surface area contributed by atoms with Gasteiger partial charge >= 0.3 is 0 Å². The summed E-state index contributed by atoms with van der Waals surface area (Å²) in [6.45, 7) is 12.1. The average molecular weight is 681 g/mol. The summed E-state index contributed by atoms with van der Waals surface area (Å²) in [5.41, 5.74) is 0.703. The van der Waals surface area contributed by atoms with Crippen molar-refractivity contribution < 1.29 is 31.2 Å². The number of hydrogen-bond donors (Lipinski definition) is 2. The van der Waals surface area contributed by atoms with Crippen molar-refractivity contribution >= 4 is 31.9 Å². The quantitative estimate of drug-likeness (QED) is 0.132. The first kappa shape index (κ1) is 39.3. The Morgan fingerprint density at radius 1 is 0.652 bits per heavy atom. The standard InChI is InChI=1S/C33H52N4O7S2/c1-6-23-36(24-7-2)45(40,41)29-18-14-27(15-19-29)32(38)34-22-12-11-13-31(44-10-5)35-33(39)28-16-20-30(21-17-28)46(42,43)37(25-8-3)26-9-4/h14-21,31H,6-13,22-26H2,1-5H3,(H,34,38)(H,35,39). The summed E-state index contributed by atoms with van der Waals surface area (Å²) in [6, 6.07) is 11.9. The molecule has 0 aliphatic heterocycles. The third kappa shape index (κ3) is 11.4. The van der Waals surface area contributed by atoms with Crippen LogP contribution in [0.4, 0.5) is 0 Å². The van der Waals surface area contributed by atoms with Gasteiger partial charge in [-0.2, -0.15) is 8.61 Å². The van der Waals surface area contributed by atoms with E-state index < -0.39 is 26.3 Å². The number of benzene rings is 2. The van der Waals surface area contributed by atoms with Gasteiger partial charge in [0.15, 0.2) is 0 Å². The molecule has 11 nitrogen and oxygen atoms in total. The van der Waals surface area contributed by atoms with Gasteiger partial charge in [-0.15, -0.1) is 0 Å². The maximum Gasteiger partial charge on any atom is 0.253 e. The summed E-state index contributed by atoms with van der Waals surface area (Å²) in [6.07, 6.45) is 4.14. The van der Waals surface area contributed by atoms with Crippen molar-refractivity contribution in [2.75, 3.05) is 39.3 Å². The van der Waals surface area contributed by atoms with Crippen LogP contribution in [0, 0.1) is 0 Å². The zero-order valence-electron chi connectivity index (χ0n) is 28.0. The molecule has 1 atom stereocenters. The Bertz CT molecular complexity index is 1420. The number of nitrogens with one attached hydrogen (secondary N) is 2. The molecule has 0 aromatic heterocycles. The van der Waals surface area contributed by atoms with E-state index in [0.29, 0.717) is 82.6 Å². The summed E-state index contributed by atoms with van der Waals surface area (Å²) in [5.74, 6) is -0.664. The van der Waals surface area contributed by atoms with Gasteiger partial charge in [0.1, 0.15) is 6.23 Å². The van der Waals surface area contributed by atoms with E-state index in [1.807, 2.05) is 34.6 Å². The Morgan fingerprint density at radius 2 is 1.07 bits per heavy atom. The lowest BCUT2D eigenvalue weighted by atomic mass is 10.1. The van der Waals surface area contributed by atoms with Crippen LogP contribution in [-0.4, -0.2) is 82.8 Å². The van der Waals surface area contributed by atoms with Crippen molar-refractivity contribution in [3.8, 4) is 0 Å². The molecule has 0 spiro atoms. The van der Waals surface area contributed by atoms with Gasteiger partial charge in [0.05, 0.1) is 9.79 Å². The third-order valence-electron chi connectivity index (χ3n) is 7.24. The highest BCUT2D eigenvalue weighted by atomic mass is 32.2. The fraction of sp³-hybridized carbons (Fsp3) is 0.576. The first-order valence-electron chi connectivity index (χ1n) is 16.4. The number of ether oxygens (including phenoxy) is 1. The Hall–Kier alpha value is -2.84. The molecule has 0 saturated heterocycles. The van der Waals surface area contributed by atoms with Crippen molar-refractivity contribution in [2.24, 2.45) is 0 Å². The summed E-state index contributed by atoms with van der Waals surface area (Å²) < 4.78 is 60.6. The maximum absolute atomic E-state index is 13.0. The van der Waals surface area contributed by atoms with E-state index in [4.69, 9.17) is 4.74 Å². The lowest BCUT2D eigenvalue weighted by molar-refractivity contribution is 0.0286. The molecule has 258 valence electrons. The summed E-state index contributed by atoms with van der Waals surface area (Å²) in [4.78, 5) is 25.9. The minimum atomic E-state index is -3.64. The van der Waals surface area contributed by atoms with Crippen molar-refractivity contribution in [2.45, 2.75) is 95.6 Å². The monoisotopic (exact) mass is 680 g/mol. The molecule has 2 aromatic rings. The van der Waals surface area contributed by atoms with Crippen LogP contribution in [0.3, 0.4) is 0 Å². The Morgan fingerprint density at radius 3 is 1.46 bits per heavy atom. The second-order valence-corrected chi connectivity index (χ2v) is 14.9. The van der Waals surface area contributed by atoms with E-state index in [2.05, 4.69) is 10.6 Å². The smallest absolute Gasteiger partial charge is 0.253 e. The molecule has 1 unspecified atom stereocenters. The van der Waals surface area contributed by atoms with Gasteiger partial charge in [0, 0.05) is 50.5 Å². The van der Waals surface area contributed by atoms with Crippen LogP contribution in [0.5, 0.6) is 0 Å². The molecule has 0 aliphatic carbocycles. The van der Waals surface area contributed by atoms with Crippen LogP contribution < -0.4 is 10.6 Å². The number of amides is 2. The van der Waals surface area contributed by atoms with Crippen molar-refractivity contribution in [1.82, 2.24) is 19.2 Å². The van der Waals surface area contributed by atoms with E-state index in [0.717, 1.165) is 12.8 Å². The number of rotatable bonds is 22. The molecule has 46 heavy (non-hydrogen) atoms. The van der Waals surface area contributed by atoms with E-state index in [-0.39, 0.29) is 21.6 Å². The fourth-order valence-electron chi connectivity index (χ4n) is 4.94. The SMILES string of the molecule is CCCN(CCC)S(=O)(=O)c1ccc(C(=O)NCCCCC(NC(=O)c2ccc(S(=O)(=O)N(CCC)CCC)cc2)OCC)cc1. The Labute approximate surface area is 276 Å². The molecule has 2 aromatic carbocycles. The van der Waals surface area contributed by atoms with Crippen molar-refractivity contribution in [3.05, 3.63) is 59.7 Å². The number of unbranched alkanes of at least 4 members (excludes halogenated alkanes) is 1. The van der Waals surface area contributed by atoms with Crippen LogP contribution in [-0.2, 0) is 24.8 Å². The molecular weight excluding hydrogens is 629 g/mol. The van der Waals surface area contributed by atoms with Gasteiger partial charge in [-0.1, -0.05) is 27.7 Å². The number of carbonyl (C=O) groups is 2. The van der Waals surface area contributed by atoms with Gasteiger partial charge in [0.25, 0.3) is 11.8 Å². The van der Waals surface area contributed by atoms with Gasteiger partial charge in [-0.25, -0.2) is 16.8 Å². The molecular formula is C33H52N4O7S2. The molecule has 2 N–H and O–H groups in total. The number of sulfonamides is 2. The zero-order valence-corrected chi connectivity index (χ0v) is 29.6.